The van der Waals surface area contributed by atoms with Gasteiger partial charge in [0.05, 0.1) is 0 Å². The van der Waals surface area contributed by atoms with Gasteiger partial charge in [0.25, 0.3) is 0 Å². The van der Waals surface area contributed by atoms with Crippen LogP contribution in [0.5, 0.6) is 0 Å². The van der Waals surface area contributed by atoms with Gasteiger partial charge in [0.1, 0.15) is 0 Å². The fourth-order valence-corrected chi connectivity index (χ4v) is 5.71. The predicted molar refractivity (Wildman–Crippen MR) is 166 cm³/mol. The monoisotopic (exact) mass is 529 g/mol. The van der Waals surface area contributed by atoms with Crippen molar-refractivity contribution in [2.24, 2.45) is 5.92 Å². The summed E-state index contributed by atoms with van der Waals surface area (Å²) < 4.78 is 0. The second-order valence-electron chi connectivity index (χ2n) is 11.8. The van der Waals surface area contributed by atoms with Crippen LogP contribution in [0.25, 0.3) is 5.57 Å². The van der Waals surface area contributed by atoms with Crippen LogP contribution >= 0.6 is 0 Å². The molecule has 212 valence electrons. The van der Waals surface area contributed by atoms with Crippen LogP contribution in [0.4, 0.5) is 0 Å². The van der Waals surface area contributed by atoms with Crippen LogP contribution in [0.15, 0.2) is 48.0 Å². The Hall–Kier alpha value is -2.52. The first-order valence-electron chi connectivity index (χ1n) is 15.6. The lowest BCUT2D eigenvalue weighted by Crippen LogP contribution is -2.27. The Kier molecular flexibility index (Phi) is 12.7. The molecule has 0 N–H and O–H groups in total. The Balaban J connectivity index is 1.86. The molecule has 0 radical (unpaired) electrons. The summed E-state index contributed by atoms with van der Waals surface area (Å²) in [6.07, 6.45) is 11.4. The van der Waals surface area contributed by atoms with E-state index in [0.29, 0.717) is 12.3 Å². The van der Waals surface area contributed by atoms with Gasteiger partial charge < -0.3 is 4.90 Å². The quantitative estimate of drug-likeness (QED) is 0.181. The van der Waals surface area contributed by atoms with Crippen molar-refractivity contribution in [3.8, 4) is 0 Å². The lowest BCUT2D eigenvalue weighted by atomic mass is 9.89. The number of fused-ring (bicyclic) bond motifs is 1. The maximum Gasteiger partial charge on any atom is 0.193 e. The second kappa shape index (κ2) is 15.9. The van der Waals surface area contributed by atoms with Crippen LogP contribution in [0.2, 0.25) is 0 Å². The van der Waals surface area contributed by atoms with E-state index >= 15 is 0 Å². The van der Waals surface area contributed by atoms with Gasteiger partial charge in [-0.3, -0.25) is 9.59 Å². The molecule has 0 aromatic heterocycles. The van der Waals surface area contributed by atoms with Crippen LogP contribution in [0.3, 0.4) is 0 Å². The van der Waals surface area contributed by atoms with Crippen LogP contribution in [-0.4, -0.2) is 36.1 Å². The average molecular weight is 530 g/mol. The molecule has 3 rings (SSSR count). The Morgan fingerprint density at radius 1 is 0.821 bits per heavy atom. The van der Waals surface area contributed by atoms with E-state index in [1.807, 2.05) is 24.3 Å². The highest BCUT2D eigenvalue weighted by molar-refractivity contribution is 6.31. The molecule has 0 spiro atoms. The third-order valence-corrected chi connectivity index (χ3v) is 7.95. The molecular formula is C36H51NO2. The molecule has 39 heavy (non-hydrogen) atoms. The zero-order valence-electron chi connectivity index (χ0n) is 25.3. The number of benzene rings is 2. The van der Waals surface area contributed by atoms with E-state index in [2.05, 4.69) is 57.7 Å². The highest BCUT2D eigenvalue weighted by Crippen LogP contribution is 2.39. The summed E-state index contributed by atoms with van der Waals surface area (Å²) in [7, 11) is 0. The zero-order valence-corrected chi connectivity index (χ0v) is 25.3. The number of Topliss-reactive ketones (excluding diaryl/α,β-unsaturated/α-hetero) is 2. The van der Waals surface area contributed by atoms with Crippen molar-refractivity contribution in [2.45, 2.75) is 105 Å². The third-order valence-electron chi connectivity index (χ3n) is 7.95. The molecule has 3 heteroatoms. The molecule has 2 aromatic rings. The largest absolute Gasteiger partial charge is 0.303 e. The summed E-state index contributed by atoms with van der Waals surface area (Å²) in [6, 6.07) is 14.3. The normalized spacial score (nSPS) is 13.0. The predicted octanol–water partition coefficient (Wildman–Crippen LogP) is 9.13. The number of nitrogens with zero attached hydrogens (tertiary/aromatic N) is 1. The van der Waals surface area contributed by atoms with Gasteiger partial charge in [-0.25, -0.2) is 0 Å². The van der Waals surface area contributed by atoms with E-state index in [9.17, 15) is 9.59 Å². The molecule has 0 aliphatic heterocycles. The Bertz CT molecular complexity index is 1120. The highest BCUT2D eigenvalue weighted by Gasteiger charge is 2.29. The molecule has 0 amide bonds. The van der Waals surface area contributed by atoms with Crippen LogP contribution in [-0.2, 0) is 12.8 Å². The Morgan fingerprint density at radius 2 is 1.49 bits per heavy atom. The Morgan fingerprint density at radius 3 is 2.15 bits per heavy atom. The summed E-state index contributed by atoms with van der Waals surface area (Å²) in [5, 5.41) is 0. The minimum atomic E-state index is 0.137. The number of unbranched alkanes of at least 4 members (excludes halogenated alkanes) is 3. The van der Waals surface area contributed by atoms with Crippen molar-refractivity contribution in [3.05, 3.63) is 75.9 Å². The van der Waals surface area contributed by atoms with Gasteiger partial charge in [-0.1, -0.05) is 95.9 Å². The second-order valence-corrected chi connectivity index (χ2v) is 11.8. The van der Waals surface area contributed by atoms with Crippen molar-refractivity contribution >= 4 is 17.1 Å². The van der Waals surface area contributed by atoms with E-state index < -0.39 is 0 Å². The minimum absolute atomic E-state index is 0.137. The molecule has 0 unspecified atom stereocenters. The topological polar surface area (TPSA) is 37.4 Å². The third kappa shape index (κ3) is 8.73. The van der Waals surface area contributed by atoms with Gasteiger partial charge in [-0.05, 0) is 93.3 Å². The molecule has 1 aliphatic carbocycles. The van der Waals surface area contributed by atoms with Gasteiger partial charge in [0.15, 0.2) is 11.6 Å². The molecule has 0 saturated carbocycles. The van der Waals surface area contributed by atoms with E-state index in [1.54, 1.807) is 0 Å². The van der Waals surface area contributed by atoms with Crippen LogP contribution in [0, 0.1) is 5.92 Å². The molecule has 0 bridgehead atoms. The summed E-state index contributed by atoms with van der Waals surface area (Å²) >= 11 is 0. The van der Waals surface area contributed by atoms with Crippen molar-refractivity contribution in [3.63, 3.8) is 0 Å². The molecule has 0 saturated heterocycles. The standard InChI is InChI=1S/C36H51NO2/c1-6-9-15-31-25-29-19-20-30(34(38)24-27(4)5)26-33(29)35(31)36(39)32-18-13-12-16-28(32)17-14-23-37(21-10-7-2)22-11-8-3/h12-13,16,18-20,26-27H,6-11,14-15,17,21-25H2,1-5H3. The van der Waals surface area contributed by atoms with E-state index in [-0.39, 0.29) is 11.6 Å². The van der Waals surface area contributed by atoms with E-state index in [0.717, 1.165) is 72.9 Å². The number of hydrogen-bond acceptors (Lipinski definition) is 3. The first-order valence-corrected chi connectivity index (χ1v) is 15.6. The fraction of sp³-hybridized carbons (Fsp3) is 0.556. The number of rotatable bonds is 18. The smallest absolute Gasteiger partial charge is 0.193 e. The summed E-state index contributed by atoms with van der Waals surface area (Å²) in [5.74, 6) is 0.615. The van der Waals surface area contributed by atoms with Crippen molar-refractivity contribution < 1.29 is 9.59 Å². The number of aryl methyl sites for hydroxylation is 1. The fourth-order valence-electron chi connectivity index (χ4n) is 5.71. The SMILES string of the molecule is CCCCC1=C(C(=O)c2ccccc2CCCN(CCCC)CCCC)c2cc(C(=O)CC(C)C)ccc2C1. The van der Waals surface area contributed by atoms with E-state index in [1.165, 1.54) is 49.9 Å². The van der Waals surface area contributed by atoms with Crippen molar-refractivity contribution in [2.75, 3.05) is 19.6 Å². The molecule has 0 fully saturated rings. The number of carbonyl (C=O) groups is 2. The van der Waals surface area contributed by atoms with Gasteiger partial charge in [0.2, 0.25) is 0 Å². The van der Waals surface area contributed by atoms with Crippen LogP contribution < -0.4 is 0 Å². The van der Waals surface area contributed by atoms with Gasteiger partial charge in [-0.2, -0.15) is 0 Å². The lowest BCUT2D eigenvalue weighted by molar-refractivity contribution is 0.0966. The summed E-state index contributed by atoms with van der Waals surface area (Å²) in [6.45, 7) is 14.3. The summed E-state index contributed by atoms with van der Waals surface area (Å²) in [5.41, 5.74) is 6.99. The molecule has 2 aromatic carbocycles. The highest BCUT2D eigenvalue weighted by atomic mass is 16.1. The van der Waals surface area contributed by atoms with Crippen LogP contribution in [0.1, 0.15) is 130 Å². The van der Waals surface area contributed by atoms with E-state index in [4.69, 9.17) is 0 Å². The van der Waals surface area contributed by atoms with Crippen molar-refractivity contribution in [1.29, 1.82) is 0 Å². The number of ketones is 2. The molecule has 0 atom stereocenters. The van der Waals surface area contributed by atoms with Gasteiger partial charge in [-0.15, -0.1) is 0 Å². The average Bonchev–Trinajstić information content (AvgIpc) is 3.30. The lowest BCUT2D eigenvalue weighted by Gasteiger charge is -2.22. The van der Waals surface area contributed by atoms with Crippen molar-refractivity contribution in [1.82, 2.24) is 4.90 Å². The zero-order chi connectivity index (χ0) is 28.2. The number of allylic oxidation sites excluding steroid dienone is 2. The molecule has 3 nitrogen and oxygen atoms in total. The first-order chi connectivity index (χ1) is 18.9. The van der Waals surface area contributed by atoms with Gasteiger partial charge >= 0.3 is 0 Å². The Labute approximate surface area is 238 Å². The molecular weight excluding hydrogens is 478 g/mol. The maximum atomic E-state index is 14.3. The molecule has 1 aliphatic rings. The molecule has 0 heterocycles. The number of carbonyl (C=O) groups excluding carboxylic acids is 2. The maximum absolute atomic E-state index is 14.3. The summed E-state index contributed by atoms with van der Waals surface area (Å²) in [4.78, 5) is 29.8. The van der Waals surface area contributed by atoms with Gasteiger partial charge in [0, 0.05) is 23.1 Å². The first kappa shape index (κ1) is 31.0. The minimum Gasteiger partial charge on any atom is -0.303 e. The number of hydrogen-bond donors (Lipinski definition) is 0.